The second kappa shape index (κ2) is 10.2. The molecular weight excluding hydrogens is 396 g/mol. The van der Waals surface area contributed by atoms with Gasteiger partial charge >= 0.3 is 0 Å². The molecule has 3 rings (SSSR count). The minimum absolute atomic E-state index is 0.354. The highest BCUT2D eigenvalue weighted by molar-refractivity contribution is 5.38. The lowest BCUT2D eigenvalue weighted by Crippen LogP contribution is -2.38. The monoisotopic (exact) mass is 444 g/mol. The van der Waals surface area contributed by atoms with Crippen molar-refractivity contribution in [3.05, 3.63) is 35.5 Å². The summed E-state index contributed by atoms with van der Waals surface area (Å²) >= 11 is 0. The zero-order chi connectivity index (χ0) is 23.7. The van der Waals surface area contributed by atoms with Gasteiger partial charge in [0.25, 0.3) is 0 Å². The van der Waals surface area contributed by atoms with E-state index in [1.165, 1.54) is 38.5 Å². The van der Waals surface area contributed by atoms with Gasteiger partial charge in [-0.25, -0.2) is 0 Å². The maximum atomic E-state index is 10.2. The summed E-state index contributed by atoms with van der Waals surface area (Å²) in [4.78, 5) is 0. The van der Waals surface area contributed by atoms with Gasteiger partial charge in [0, 0.05) is 6.42 Å². The third-order valence-corrected chi connectivity index (χ3v) is 9.33. The molecule has 0 bridgehead atoms. The number of allylic oxidation sites excluding steroid dienone is 3. The first-order valence-electron chi connectivity index (χ1n) is 13.1. The predicted octanol–water partition coefficient (Wildman–Crippen LogP) is 6.34. The highest BCUT2D eigenvalue weighted by atomic mass is 16.3. The highest BCUT2D eigenvalue weighted by Gasteiger charge is 2.51. The Morgan fingerprint density at radius 1 is 1.22 bits per heavy atom. The second-order valence-electron chi connectivity index (χ2n) is 12.0. The number of aliphatic hydroxyl groups excluding tert-OH is 2. The lowest BCUT2D eigenvalue weighted by Gasteiger charge is -2.46. The molecule has 182 valence electrons. The Bertz CT molecular complexity index is 727. The van der Waals surface area contributed by atoms with Crippen molar-refractivity contribution >= 4 is 0 Å². The summed E-state index contributed by atoms with van der Waals surface area (Å²) in [5.74, 6) is 2.73. The molecule has 3 nitrogen and oxygen atoms in total. The van der Waals surface area contributed by atoms with Crippen molar-refractivity contribution in [2.24, 2.45) is 29.1 Å². The van der Waals surface area contributed by atoms with Crippen molar-refractivity contribution in [1.29, 1.82) is 0 Å². The third kappa shape index (κ3) is 5.59. The normalized spacial score (nSPS) is 38.2. The zero-order valence-electron chi connectivity index (χ0n) is 21.2. The molecule has 0 amide bonds. The van der Waals surface area contributed by atoms with E-state index in [9.17, 15) is 15.3 Å². The third-order valence-electron chi connectivity index (χ3n) is 9.33. The summed E-state index contributed by atoms with van der Waals surface area (Å²) in [6.07, 6.45) is 13.8. The van der Waals surface area contributed by atoms with Crippen LogP contribution in [0.2, 0.25) is 0 Å². The van der Waals surface area contributed by atoms with E-state index in [0.29, 0.717) is 36.0 Å². The Labute approximate surface area is 196 Å². The van der Waals surface area contributed by atoms with E-state index in [4.69, 9.17) is 0 Å². The van der Waals surface area contributed by atoms with Gasteiger partial charge in [-0.2, -0.15) is 0 Å². The van der Waals surface area contributed by atoms with Crippen LogP contribution >= 0.6 is 0 Å². The van der Waals surface area contributed by atoms with E-state index in [-0.39, 0.29) is 0 Å². The number of aliphatic hydroxyl groups is 3. The molecule has 32 heavy (non-hydrogen) atoms. The number of rotatable bonds is 7. The van der Waals surface area contributed by atoms with Crippen LogP contribution in [0.25, 0.3) is 0 Å². The summed E-state index contributed by atoms with van der Waals surface area (Å²) in [5.41, 5.74) is 3.13. The molecule has 3 aliphatic carbocycles. The van der Waals surface area contributed by atoms with E-state index in [1.807, 2.05) is 13.8 Å². The lowest BCUT2D eigenvalue weighted by atomic mass is 9.59. The van der Waals surface area contributed by atoms with Crippen LogP contribution in [0.5, 0.6) is 0 Å². The van der Waals surface area contributed by atoms with Crippen LogP contribution < -0.4 is 0 Å². The first-order valence-corrected chi connectivity index (χ1v) is 13.1. The molecule has 3 N–H and O–H groups in total. The Morgan fingerprint density at radius 2 is 1.94 bits per heavy atom. The van der Waals surface area contributed by atoms with Gasteiger partial charge < -0.3 is 15.3 Å². The molecule has 7 atom stereocenters. The van der Waals surface area contributed by atoms with Crippen LogP contribution in [-0.2, 0) is 0 Å². The Kier molecular flexibility index (Phi) is 8.16. The molecule has 0 aromatic heterocycles. The molecule has 0 unspecified atom stereocenters. The molecule has 0 aliphatic heterocycles. The quantitative estimate of drug-likeness (QED) is 0.429. The molecule has 0 saturated heterocycles. The van der Waals surface area contributed by atoms with Gasteiger partial charge in [-0.1, -0.05) is 51.5 Å². The molecule has 0 aromatic carbocycles. The standard InChI is InChI=1S/C29H48O3/c1-7-21(14-16-28(4,5)32)19(2)25-12-13-26-22(9-8-15-29(25,26)6)10-11-23-17-24(30)18-27(31)20(23)3/h10-11,19,21,24-27,30-32H,3,7-9,12-18H2,1-2,4-6H3/b22-10+,23-11-/t19-,21+,24+,25+,26-,27-,29+/m0/s1. The fraction of sp³-hybridized carbons (Fsp3) is 0.793. The van der Waals surface area contributed by atoms with Gasteiger partial charge in [-0.05, 0) is 105 Å². The van der Waals surface area contributed by atoms with Crippen molar-refractivity contribution in [2.45, 2.75) is 117 Å². The smallest absolute Gasteiger partial charge is 0.0811 e. The summed E-state index contributed by atoms with van der Waals surface area (Å²) < 4.78 is 0. The first kappa shape index (κ1) is 25.7. The van der Waals surface area contributed by atoms with E-state index in [2.05, 4.69) is 39.5 Å². The summed E-state index contributed by atoms with van der Waals surface area (Å²) in [7, 11) is 0. The van der Waals surface area contributed by atoms with Crippen molar-refractivity contribution in [2.75, 3.05) is 0 Å². The van der Waals surface area contributed by atoms with Gasteiger partial charge in [0.2, 0.25) is 0 Å². The summed E-state index contributed by atoms with van der Waals surface area (Å²) in [6, 6.07) is 0. The Morgan fingerprint density at radius 3 is 2.59 bits per heavy atom. The Balaban J connectivity index is 1.76. The van der Waals surface area contributed by atoms with Crippen molar-refractivity contribution in [3.8, 4) is 0 Å². The van der Waals surface area contributed by atoms with E-state index < -0.39 is 17.8 Å². The largest absolute Gasteiger partial charge is 0.393 e. The predicted molar refractivity (Wildman–Crippen MR) is 133 cm³/mol. The topological polar surface area (TPSA) is 60.7 Å². The molecular formula is C29H48O3. The maximum Gasteiger partial charge on any atom is 0.0811 e. The van der Waals surface area contributed by atoms with Gasteiger partial charge in [-0.3, -0.25) is 0 Å². The average Bonchev–Trinajstić information content (AvgIpc) is 3.06. The molecule has 0 aromatic rings. The van der Waals surface area contributed by atoms with Gasteiger partial charge in [0.05, 0.1) is 17.8 Å². The molecule has 3 heteroatoms. The first-order chi connectivity index (χ1) is 15.0. The lowest BCUT2D eigenvalue weighted by molar-refractivity contribution is 0.0404. The SMILES string of the molecule is C=C1/C(=C\C=C2/CCC[C@]3(C)[C@@H]([C@@H](C)[C@H](CC)CCC(C)(C)O)CC[C@@H]23)C[C@@H](O)C[C@@H]1O. The molecule has 0 heterocycles. The van der Waals surface area contributed by atoms with Crippen molar-refractivity contribution in [1.82, 2.24) is 0 Å². The van der Waals surface area contributed by atoms with Crippen molar-refractivity contribution in [3.63, 3.8) is 0 Å². The van der Waals surface area contributed by atoms with Crippen molar-refractivity contribution < 1.29 is 15.3 Å². The highest BCUT2D eigenvalue weighted by Crippen LogP contribution is 2.60. The van der Waals surface area contributed by atoms with Gasteiger partial charge in [0.15, 0.2) is 0 Å². The number of fused-ring (bicyclic) bond motifs is 1. The van der Waals surface area contributed by atoms with E-state index in [0.717, 1.165) is 29.9 Å². The van der Waals surface area contributed by atoms with E-state index in [1.54, 1.807) is 5.57 Å². The Hall–Kier alpha value is -0.900. The fourth-order valence-electron chi connectivity index (χ4n) is 7.31. The molecule has 3 saturated carbocycles. The fourth-order valence-corrected chi connectivity index (χ4v) is 7.31. The van der Waals surface area contributed by atoms with Crippen LogP contribution in [0, 0.1) is 29.1 Å². The minimum atomic E-state index is -0.619. The van der Waals surface area contributed by atoms with Crippen LogP contribution in [0.3, 0.4) is 0 Å². The van der Waals surface area contributed by atoms with Gasteiger partial charge in [0.1, 0.15) is 0 Å². The molecule has 0 spiro atoms. The maximum absolute atomic E-state index is 10.2. The zero-order valence-corrected chi connectivity index (χ0v) is 21.2. The molecule has 3 fully saturated rings. The van der Waals surface area contributed by atoms with Crippen LogP contribution in [0.1, 0.15) is 98.8 Å². The molecule has 3 aliphatic rings. The molecule has 0 radical (unpaired) electrons. The second-order valence-corrected chi connectivity index (χ2v) is 12.0. The minimum Gasteiger partial charge on any atom is -0.393 e. The van der Waals surface area contributed by atoms with Crippen LogP contribution in [-0.4, -0.2) is 33.1 Å². The summed E-state index contributed by atoms with van der Waals surface area (Å²) in [6.45, 7) is 15.3. The van der Waals surface area contributed by atoms with Gasteiger partial charge in [-0.15, -0.1) is 0 Å². The number of hydrogen-bond donors (Lipinski definition) is 3. The van der Waals surface area contributed by atoms with Crippen LogP contribution in [0.15, 0.2) is 35.5 Å². The summed E-state index contributed by atoms with van der Waals surface area (Å²) in [5, 5.41) is 30.5. The average molecular weight is 445 g/mol. The van der Waals surface area contributed by atoms with Crippen LogP contribution in [0.4, 0.5) is 0 Å². The van der Waals surface area contributed by atoms with E-state index >= 15 is 0 Å². The number of hydrogen-bond acceptors (Lipinski definition) is 3.